The Kier molecular flexibility index (Phi) is 5.64. The number of pyridine rings is 1. The molecule has 1 aliphatic heterocycles. The molecule has 0 amide bonds. The minimum absolute atomic E-state index is 0.00746. The molecule has 0 saturated carbocycles. The van der Waals surface area contributed by atoms with E-state index in [1.807, 2.05) is 26.0 Å². The van der Waals surface area contributed by atoms with Gasteiger partial charge in [0.15, 0.2) is 0 Å². The first kappa shape index (κ1) is 22.8. The zero-order chi connectivity index (χ0) is 24.7. The standard InChI is InChI=1S/C26H23N3O5S/c1-17-10-11-28-24(12-17)27-21(15-25(28)30)16-34-26(31)20-7-5-8-22(14-20)35(32,33)29-18(2)13-19-6-3-4-9-23(19)29/h3-12,14-15,18H,13,16H2,1-2H3/t18-/m1/s1. The molecule has 0 spiro atoms. The molecular weight excluding hydrogens is 466 g/mol. The Morgan fingerprint density at radius 2 is 1.89 bits per heavy atom. The average molecular weight is 490 g/mol. The van der Waals surface area contributed by atoms with Crippen LogP contribution in [0.1, 0.15) is 34.1 Å². The second-order valence-electron chi connectivity index (χ2n) is 8.60. The van der Waals surface area contributed by atoms with Gasteiger partial charge in [0.05, 0.1) is 21.8 Å². The predicted molar refractivity (Wildman–Crippen MR) is 131 cm³/mol. The highest BCUT2D eigenvalue weighted by atomic mass is 32.2. The number of anilines is 1. The molecule has 0 unspecified atom stereocenters. The lowest BCUT2D eigenvalue weighted by molar-refractivity contribution is 0.0467. The molecule has 2 aromatic heterocycles. The minimum atomic E-state index is -3.89. The number of rotatable bonds is 5. The molecule has 2 aromatic carbocycles. The Morgan fingerprint density at radius 3 is 2.71 bits per heavy atom. The van der Waals surface area contributed by atoms with Gasteiger partial charge in [-0.1, -0.05) is 24.3 Å². The summed E-state index contributed by atoms with van der Waals surface area (Å²) in [4.78, 5) is 29.5. The molecule has 1 aliphatic rings. The zero-order valence-electron chi connectivity index (χ0n) is 19.2. The van der Waals surface area contributed by atoms with Crippen LogP contribution in [0.25, 0.3) is 5.65 Å². The van der Waals surface area contributed by atoms with Crippen molar-refractivity contribution in [2.45, 2.75) is 37.8 Å². The number of hydrogen-bond donors (Lipinski definition) is 0. The van der Waals surface area contributed by atoms with Crippen LogP contribution in [-0.4, -0.2) is 29.8 Å². The normalized spacial score (nSPS) is 15.3. The maximum absolute atomic E-state index is 13.5. The number of fused-ring (bicyclic) bond motifs is 2. The van der Waals surface area contributed by atoms with Gasteiger partial charge >= 0.3 is 5.97 Å². The van der Waals surface area contributed by atoms with Gasteiger partial charge in [0.2, 0.25) is 0 Å². The molecule has 0 aliphatic carbocycles. The molecule has 0 saturated heterocycles. The summed E-state index contributed by atoms with van der Waals surface area (Å²) < 4.78 is 35.1. The lowest BCUT2D eigenvalue weighted by Gasteiger charge is -2.24. The van der Waals surface area contributed by atoms with Crippen molar-refractivity contribution in [1.29, 1.82) is 0 Å². The summed E-state index contributed by atoms with van der Waals surface area (Å²) in [6, 6.07) is 17.8. The van der Waals surface area contributed by atoms with Crippen molar-refractivity contribution in [3.8, 4) is 0 Å². The van der Waals surface area contributed by atoms with Crippen LogP contribution in [0.5, 0.6) is 0 Å². The summed E-state index contributed by atoms with van der Waals surface area (Å²) in [5.41, 5.74) is 3.13. The Morgan fingerprint density at radius 1 is 1.09 bits per heavy atom. The Hall–Kier alpha value is -3.98. The number of carbonyl (C=O) groups excluding carboxylic acids is 1. The fourth-order valence-electron chi connectivity index (χ4n) is 4.35. The molecule has 3 heterocycles. The van der Waals surface area contributed by atoms with Gasteiger partial charge in [0.25, 0.3) is 15.6 Å². The van der Waals surface area contributed by atoms with Gasteiger partial charge in [-0.3, -0.25) is 13.5 Å². The van der Waals surface area contributed by atoms with Crippen LogP contribution in [0.2, 0.25) is 0 Å². The predicted octanol–water partition coefficient (Wildman–Crippen LogP) is 3.50. The van der Waals surface area contributed by atoms with Crippen LogP contribution < -0.4 is 9.86 Å². The highest BCUT2D eigenvalue weighted by Crippen LogP contribution is 2.36. The van der Waals surface area contributed by atoms with Gasteiger partial charge in [-0.05, 0) is 67.8 Å². The number of para-hydroxylation sites is 1. The summed E-state index contributed by atoms with van der Waals surface area (Å²) in [5.74, 6) is -0.705. The number of carbonyl (C=O) groups is 1. The van der Waals surface area contributed by atoms with E-state index < -0.39 is 16.0 Å². The van der Waals surface area contributed by atoms with E-state index in [1.54, 1.807) is 30.5 Å². The molecule has 0 radical (unpaired) electrons. The molecule has 0 bridgehead atoms. The van der Waals surface area contributed by atoms with Crippen LogP contribution in [0.15, 0.2) is 82.6 Å². The van der Waals surface area contributed by atoms with Crippen molar-refractivity contribution in [3.05, 3.63) is 106 Å². The smallest absolute Gasteiger partial charge is 0.338 e. The summed E-state index contributed by atoms with van der Waals surface area (Å²) in [6.07, 6.45) is 2.26. The molecule has 4 aromatic rings. The fraction of sp³-hybridized carbons (Fsp3) is 0.192. The number of hydrogen-bond acceptors (Lipinski definition) is 6. The van der Waals surface area contributed by atoms with Crippen LogP contribution in [0.3, 0.4) is 0 Å². The van der Waals surface area contributed by atoms with Gasteiger partial charge in [-0.2, -0.15) is 0 Å². The van der Waals surface area contributed by atoms with Crippen molar-refractivity contribution < 1.29 is 17.9 Å². The van der Waals surface area contributed by atoms with E-state index in [9.17, 15) is 18.0 Å². The summed E-state index contributed by atoms with van der Waals surface area (Å²) in [6.45, 7) is 3.53. The number of sulfonamides is 1. The SMILES string of the molecule is Cc1ccn2c(=O)cc(COC(=O)c3cccc(S(=O)(=O)N4c5ccccc5C[C@H]4C)c3)nc2c1. The topological polar surface area (TPSA) is 98.0 Å². The lowest BCUT2D eigenvalue weighted by Crippen LogP contribution is -2.35. The summed E-state index contributed by atoms with van der Waals surface area (Å²) in [7, 11) is -3.89. The first-order valence-electron chi connectivity index (χ1n) is 11.1. The van der Waals surface area contributed by atoms with E-state index in [2.05, 4.69) is 4.98 Å². The Balaban J connectivity index is 1.38. The van der Waals surface area contributed by atoms with Crippen LogP contribution in [0.4, 0.5) is 5.69 Å². The molecule has 5 rings (SSSR count). The monoisotopic (exact) mass is 489 g/mol. The lowest BCUT2D eigenvalue weighted by atomic mass is 10.1. The highest BCUT2D eigenvalue weighted by Gasteiger charge is 2.36. The van der Waals surface area contributed by atoms with Gasteiger partial charge < -0.3 is 4.74 Å². The molecule has 8 nitrogen and oxygen atoms in total. The quantitative estimate of drug-likeness (QED) is 0.398. The number of benzene rings is 2. The molecule has 9 heteroatoms. The zero-order valence-corrected chi connectivity index (χ0v) is 20.0. The second-order valence-corrected chi connectivity index (χ2v) is 10.4. The highest BCUT2D eigenvalue weighted by molar-refractivity contribution is 7.92. The third-order valence-electron chi connectivity index (χ3n) is 6.00. The van der Waals surface area contributed by atoms with E-state index in [-0.39, 0.29) is 28.7 Å². The number of aromatic nitrogens is 2. The van der Waals surface area contributed by atoms with E-state index in [0.717, 1.165) is 11.1 Å². The van der Waals surface area contributed by atoms with Crippen molar-refractivity contribution in [2.24, 2.45) is 0 Å². The molecule has 0 N–H and O–H groups in total. The largest absolute Gasteiger partial charge is 0.456 e. The molecule has 178 valence electrons. The van der Waals surface area contributed by atoms with E-state index in [0.29, 0.717) is 23.4 Å². The Bertz CT molecular complexity index is 1630. The first-order valence-corrected chi connectivity index (χ1v) is 12.6. The summed E-state index contributed by atoms with van der Waals surface area (Å²) >= 11 is 0. The van der Waals surface area contributed by atoms with Crippen molar-refractivity contribution in [2.75, 3.05) is 4.31 Å². The minimum Gasteiger partial charge on any atom is -0.456 e. The fourth-order valence-corrected chi connectivity index (χ4v) is 6.09. The van der Waals surface area contributed by atoms with Gasteiger partial charge in [0.1, 0.15) is 12.3 Å². The average Bonchev–Trinajstić information content (AvgIpc) is 3.18. The molecule has 35 heavy (non-hydrogen) atoms. The van der Waals surface area contributed by atoms with Gasteiger partial charge in [0, 0.05) is 18.3 Å². The van der Waals surface area contributed by atoms with Crippen LogP contribution in [0, 0.1) is 6.92 Å². The summed E-state index contributed by atoms with van der Waals surface area (Å²) in [5, 5.41) is 0. The van der Waals surface area contributed by atoms with Gasteiger partial charge in [-0.15, -0.1) is 0 Å². The van der Waals surface area contributed by atoms with E-state index in [4.69, 9.17) is 4.74 Å². The Labute approximate surface area is 202 Å². The third kappa shape index (κ3) is 4.19. The maximum atomic E-state index is 13.5. The molecule has 1 atom stereocenters. The second kappa shape index (κ2) is 8.66. The van der Waals surface area contributed by atoms with E-state index in [1.165, 1.54) is 39.0 Å². The number of nitrogens with zero attached hydrogens (tertiary/aromatic N) is 3. The van der Waals surface area contributed by atoms with Crippen LogP contribution in [-0.2, 0) is 27.8 Å². The van der Waals surface area contributed by atoms with Crippen molar-refractivity contribution in [1.82, 2.24) is 9.38 Å². The number of aryl methyl sites for hydroxylation is 1. The number of esters is 1. The van der Waals surface area contributed by atoms with E-state index >= 15 is 0 Å². The van der Waals surface area contributed by atoms with Crippen molar-refractivity contribution in [3.63, 3.8) is 0 Å². The molecule has 0 fully saturated rings. The van der Waals surface area contributed by atoms with Crippen molar-refractivity contribution >= 4 is 27.3 Å². The first-order chi connectivity index (χ1) is 16.7. The number of ether oxygens (including phenoxy) is 1. The van der Waals surface area contributed by atoms with Gasteiger partial charge in [-0.25, -0.2) is 18.2 Å². The third-order valence-corrected chi connectivity index (χ3v) is 7.92. The molecular formula is C26H23N3O5S. The van der Waals surface area contributed by atoms with Crippen LogP contribution >= 0.6 is 0 Å². The maximum Gasteiger partial charge on any atom is 0.338 e.